The second-order valence-electron chi connectivity index (χ2n) is 4.40. The van der Waals surface area contributed by atoms with Gasteiger partial charge in [0.25, 0.3) is 5.91 Å². The molecule has 0 aliphatic carbocycles. The Balaban J connectivity index is 2.30. The van der Waals surface area contributed by atoms with Crippen molar-refractivity contribution < 1.29 is 9.18 Å². The van der Waals surface area contributed by atoms with Gasteiger partial charge < -0.3 is 10.6 Å². The zero-order chi connectivity index (χ0) is 15.6. The van der Waals surface area contributed by atoms with Gasteiger partial charge in [-0.15, -0.1) is 0 Å². The van der Waals surface area contributed by atoms with Gasteiger partial charge in [0.2, 0.25) is 0 Å². The third-order valence-electron chi connectivity index (χ3n) is 3.00. The zero-order valence-electron chi connectivity index (χ0n) is 11.1. The molecule has 0 aliphatic rings. The van der Waals surface area contributed by atoms with Crippen LogP contribution in [0.1, 0.15) is 15.9 Å². The van der Waals surface area contributed by atoms with Crippen LogP contribution in [0.2, 0.25) is 0 Å². The topological polar surface area (TPSA) is 46.3 Å². The summed E-state index contributed by atoms with van der Waals surface area (Å²) in [6.45, 7) is 0. The quantitative estimate of drug-likeness (QED) is 0.845. The summed E-state index contributed by atoms with van der Waals surface area (Å²) in [6.07, 6.45) is 0. The Morgan fingerprint density at radius 3 is 2.43 bits per heavy atom. The molecule has 108 valence electrons. The Labute approximate surface area is 135 Å². The van der Waals surface area contributed by atoms with Gasteiger partial charge in [0, 0.05) is 22.8 Å². The minimum Gasteiger partial charge on any atom is -0.389 e. The molecule has 0 spiro atoms. The van der Waals surface area contributed by atoms with Crippen molar-refractivity contribution in [2.45, 2.75) is 0 Å². The van der Waals surface area contributed by atoms with Gasteiger partial charge in [0.05, 0.1) is 5.56 Å². The number of anilines is 1. The second-order valence-corrected chi connectivity index (χ2v) is 5.75. The van der Waals surface area contributed by atoms with E-state index in [4.69, 9.17) is 18.0 Å². The fourth-order valence-electron chi connectivity index (χ4n) is 1.81. The lowest BCUT2D eigenvalue weighted by Crippen LogP contribution is -2.27. The maximum atomic E-state index is 13.8. The van der Waals surface area contributed by atoms with Gasteiger partial charge in [-0.3, -0.25) is 4.79 Å². The van der Waals surface area contributed by atoms with E-state index in [1.807, 2.05) is 0 Å². The Hall–Kier alpha value is -1.79. The van der Waals surface area contributed by atoms with E-state index in [0.29, 0.717) is 15.7 Å². The summed E-state index contributed by atoms with van der Waals surface area (Å²) in [4.78, 5) is 14.0. The molecule has 0 fully saturated rings. The van der Waals surface area contributed by atoms with E-state index in [0.717, 1.165) is 0 Å². The van der Waals surface area contributed by atoms with Crippen LogP contribution < -0.4 is 10.6 Å². The van der Waals surface area contributed by atoms with Gasteiger partial charge in [-0.1, -0.05) is 28.1 Å². The molecular weight excluding hydrogens is 355 g/mol. The van der Waals surface area contributed by atoms with Crippen LogP contribution in [-0.2, 0) is 0 Å². The summed E-state index contributed by atoms with van der Waals surface area (Å²) >= 11 is 8.10. The molecule has 0 bridgehead atoms. The van der Waals surface area contributed by atoms with E-state index in [1.54, 1.807) is 37.4 Å². The highest BCUT2D eigenvalue weighted by atomic mass is 79.9. The number of carbonyl (C=O) groups is 1. The Bertz CT molecular complexity index is 703. The fourth-order valence-corrected chi connectivity index (χ4v) is 2.31. The standard InChI is InChI=1S/C15H12BrFN2OS/c1-19(11-5-2-9(3-6-11)14(18)21)15(20)12-8-10(16)4-7-13(12)17/h2-8H,1H3,(H2,18,21). The highest BCUT2D eigenvalue weighted by molar-refractivity contribution is 9.10. The molecule has 0 saturated carbocycles. The van der Waals surface area contributed by atoms with Crippen LogP contribution in [-0.4, -0.2) is 17.9 Å². The number of halogens is 2. The molecule has 2 N–H and O–H groups in total. The lowest BCUT2D eigenvalue weighted by Gasteiger charge is -2.18. The number of rotatable bonds is 3. The maximum Gasteiger partial charge on any atom is 0.261 e. The molecule has 2 aromatic rings. The molecule has 0 atom stereocenters. The zero-order valence-corrected chi connectivity index (χ0v) is 13.5. The molecule has 0 aliphatic heterocycles. The number of carbonyl (C=O) groups excluding carboxylic acids is 1. The molecule has 6 heteroatoms. The highest BCUT2D eigenvalue weighted by Crippen LogP contribution is 2.20. The van der Waals surface area contributed by atoms with Crippen LogP contribution in [0.15, 0.2) is 46.9 Å². The summed E-state index contributed by atoms with van der Waals surface area (Å²) < 4.78 is 14.4. The third kappa shape index (κ3) is 3.46. The van der Waals surface area contributed by atoms with Gasteiger partial charge >= 0.3 is 0 Å². The molecule has 0 aromatic heterocycles. The van der Waals surface area contributed by atoms with Crippen LogP contribution in [0.4, 0.5) is 10.1 Å². The lowest BCUT2D eigenvalue weighted by molar-refractivity contribution is 0.0989. The van der Waals surface area contributed by atoms with E-state index in [2.05, 4.69) is 15.9 Å². The third-order valence-corrected chi connectivity index (χ3v) is 3.73. The Morgan fingerprint density at radius 2 is 1.86 bits per heavy atom. The van der Waals surface area contributed by atoms with Gasteiger partial charge in [0.1, 0.15) is 10.8 Å². The van der Waals surface area contributed by atoms with E-state index in [-0.39, 0.29) is 10.6 Å². The first kappa shape index (κ1) is 15.6. The molecule has 21 heavy (non-hydrogen) atoms. The van der Waals surface area contributed by atoms with E-state index >= 15 is 0 Å². The molecule has 0 heterocycles. The molecule has 1 amide bonds. The summed E-state index contributed by atoms with van der Waals surface area (Å²) in [7, 11) is 1.58. The number of amides is 1. The number of benzene rings is 2. The van der Waals surface area contributed by atoms with Crippen LogP contribution in [0.5, 0.6) is 0 Å². The summed E-state index contributed by atoms with van der Waals surface area (Å²) in [5, 5.41) is 0. The second kappa shape index (κ2) is 6.32. The molecule has 0 radical (unpaired) electrons. The van der Waals surface area contributed by atoms with Crippen LogP contribution in [0.3, 0.4) is 0 Å². The molecule has 2 aromatic carbocycles. The van der Waals surface area contributed by atoms with E-state index in [1.165, 1.54) is 17.0 Å². The van der Waals surface area contributed by atoms with Crippen molar-refractivity contribution in [2.24, 2.45) is 5.73 Å². The lowest BCUT2D eigenvalue weighted by atomic mass is 10.1. The predicted octanol–water partition coefficient (Wildman–Crippen LogP) is 3.50. The number of nitrogens with zero attached hydrogens (tertiary/aromatic N) is 1. The first-order chi connectivity index (χ1) is 9.90. The minimum atomic E-state index is -0.560. The number of hydrogen-bond donors (Lipinski definition) is 1. The molecular formula is C15H12BrFN2OS. The van der Waals surface area contributed by atoms with Crippen LogP contribution in [0, 0.1) is 5.82 Å². The number of nitrogens with two attached hydrogens (primary N) is 1. The van der Waals surface area contributed by atoms with Crippen LogP contribution >= 0.6 is 28.1 Å². The normalized spacial score (nSPS) is 10.2. The number of thiocarbonyl (C=S) groups is 1. The molecule has 2 rings (SSSR count). The van der Waals surface area contributed by atoms with Crippen molar-refractivity contribution in [1.82, 2.24) is 0 Å². The summed E-state index contributed by atoms with van der Waals surface area (Å²) in [6, 6.07) is 11.1. The SMILES string of the molecule is CN(C(=O)c1cc(Br)ccc1F)c1ccc(C(N)=S)cc1. The largest absolute Gasteiger partial charge is 0.389 e. The average molecular weight is 367 g/mol. The molecule has 0 unspecified atom stereocenters. The van der Waals surface area contributed by atoms with Crippen LogP contribution in [0.25, 0.3) is 0 Å². The summed E-state index contributed by atoms with van der Waals surface area (Å²) in [5.74, 6) is -0.994. The van der Waals surface area contributed by atoms with Crippen molar-refractivity contribution in [2.75, 3.05) is 11.9 Å². The molecule has 3 nitrogen and oxygen atoms in total. The van der Waals surface area contributed by atoms with E-state index < -0.39 is 11.7 Å². The maximum absolute atomic E-state index is 13.8. The van der Waals surface area contributed by atoms with Gasteiger partial charge in [-0.25, -0.2) is 4.39 Å². The average Bonchev–Trinajstić information content (AvgIpc) is 2.48. The highest BCUT2D eigenvalue weighted by Gasteiger charge is 2.18. The number of hydrogen-bond acceptors (Lipinski definition) is 2. The van der Waals surface area contributed by atoms with Gasteiger partial charge in [-0.05, 0) is 42.5 Å². The van der Waals surface area contributed by atoms with Crippen molar-refractivity contribution >= 4 is 44.7 Å². The summed E-state index contributed by atoms with van der Waals surface area (Å²) in [5.41, 5.74) is 6.86. The van der Waals surface area contributed by atoms with Crippen molar-refractivity contribution in [3.05, 3.63) is 63.9 Å². The monoisotopic (exact) mass is 366 g/mol. The fraction of sp³-hybridized carbons (Fsp3) is 0.0667. The van der Waals surface area contributed by atoms with Gasteiger partial charge in [-0.2, -0.15) is 0 Å². The van der Waals surface area contributed by atoms with Crippen molar-refractivity contribution in [3.8, 4) is 0 Å². The minimum absolute atomic E-state index is 0.00490. The Kier molecular flexibility index (Phi) is 4.69. The van der Waals surface area contributed by atoms with Gasteiger partial charge in [0.15, 0.2) is 0 Å². The Morgan fingerprint density at radius 1 is 1.24 bits per heavy atom. The van der Waals surface area contributed by atoms with E-state index in [9.17, 15) is 9.18 Å². The smallest absolute Gasteiger partial charge is 0.261 e. The van der Waals surface area contributed by atoms with Crippen molar-refractivity contribution in [3.63, 3.8) is 0 Å². The molecule has 0 saturated heterocycles. The predicted molar refractivity (Wildman–Crippen MR) is 89.2 cm³/mol. The first-order valence-electron chi connectivity index (χ1n) is 6.03. The van der Waals surface area contributed by atoms with Crippen molar-refractivity contribution in [1.29, 1.82) is 0 Å². The first-order valence-corrected chi connectivity index (χ1v) is 7.23.